The van der Waals surface area contributed by atoms with Crippen molar-refractivity contribution in [2.24, 2.45) is 0 Å². The van der Waals surface area contributed by atoms with Crippen LogP contribution in [-0.4, -0.2) is 54.6 Å². The maximum absolute atomic E-state index is 12.0. The maximum Gasteiger partial charge on any atom is 0.238 e. The minimum absolute atomic E-state index is 0.0506. The van der Waals surface area contributed by atoms with Gasteiger partial charge in [-0.1, -0.05) is 6.07 Å². The number of carbonyl (C=O) groups excluding carboxylic acids is 1. The summed E-state index contributed by atoms with van der Waals surface area (Å²) in [4.78, 5) is 18.4. The van der Waals surface area contributed by atoms with Gasteiger partial charge >= 0.3 is 0 Å². The van der Waals surface area contributed by atoms with Gasteiger partial charge in [-0.25, -0.2) is 0 Å². The van der Waals surface area contributed by atoms with Gasteiger partial charge in [-0.2, -0.15) is 0 Å². The van der Waals surface area contributed by atoms with E-state index >= 15 is 0 Å². The van der Waals surface area contributed by atoms with Crippen molar-refractivity contribution in [3.05, 3.63) is 30.1 Å². The zero-order valence-electron chi connectivity index (χ0n) is 11.4. The van der Waals surface area contributed by atoms with Gasteiger partial charge in [0, 0.05) is 45.1 Å². The summed E-state index contributed by atoms with van der Waals surface area (Å²) in [5.74, 6) is 0.126. The highest BCUT2D eigenvalue weighted by Crippen LogP contribution is 2.06. The molecule has 1 aromatic heterocycles. The van der Waals surface area contributed by atoms with Crippen LogP contribution in [0.5, 0.6) is 0 Å². The highest BCUT2D eigenvalue weighted by atomic mass is 16.2. The number of hydrogen-bond acceptors (Lipinski definition) is 4. The first-order chi connectivity index (χ1) is 9.31. The molecule has 1 fully saturated rings. The number of nitrogens with one attached hydrogen (secondary N) is 2. The number of nitrogens with zero attached hydrogens (tertiary/aromatic N) is 2. The first-order valence-electron chi connectivity index (χ1n) is 6.92. The van der Waals surface area contributed by atoms with Crippen molar-refractivity contribution < 1.29 is 4.79 Å². The molecule has 1 aromatic rings. The summed E-state index contributed by atoms with van der Waals surface area (Å²) in [5.41, 5.74) is 1.22. The lowest BCUT2D eigenvalue weighted by atomic mass is 10.1. The van der Waals surface area contributed by atoms with Gasteiger partial charge in [-0.3, -0.25) is 14.7 Å². The number of pyridine rings is 1. The Bertz CT molecular complexity index is 396. The average Bonchev–Trinajstić information content (AvgIpc) is 2.47. The Balaban J connectivity index is 1.90. The first kappa shape index (κ1) is 14.0. The smallest absolute Gasteiger partial charge is 0.238 e. The number of amides is 1. The van der Waals surface area contributed by atoms with E-state index in [4.69, 9.17) is 0 Å². The van der Waals surface area contributed by atoms with Crippen LogP contribution < -0.4 is 10.6 Å². The summed E-state index contributed by atoms with van der Waals surface area (Å²) in [6.45, 7) is 6.14. The Morgan fingerprint density at radius 3 is 3.26 bits per heavy atom. The molecule has 0 aromatic carbocycles. The molecule has 2 N–H and O–H groups in total. The van der Waals surface area contributed by atoms with E-state index in [1.54, 1.807) is 6.20 Å². The lowest BCUT2D eigenvalue weighted by Crippen LogP contribution is -2.58. The normalized spacial score (nSPS) is 20.2. The number of carbonyl (C=O) groups is 1. The minimum atomic E-state index is -0.0506. The second kappa shape index (κ2) is 7.21. The van der Waals surface area contributed by atoms with E-state index in [0.717, 1.165) is 32.6 Å². The van der Waals surface area contributed by atoms with E-state index in [9.17, 15) is 4.79 Å². The number of rotatable bonds is 5. The van der Waals surface area contributed by atoms with Crippen LogP contribution in [0.25, 0.3) is 0 Å². The molecule has 1 amide bonds. The Morgan fingerprint density at radius 2 is 2.53 bits per heavy atom. The SMILES string of the molecule is CCNC(=O)C1CNCCN1CCc1cccnc1. The predicted molar refractivity (Wildman–Crippen MR) is 74.9 cm³/mol. The van der Waals surface area contributed by atoms with Crippen LogP contribution >= 0.6 is 0 Å². The van der Waals surface area contributed by atoms with Crippen LogP contribution in [0.3, 0.4) is 0 Å². The van der Waals surface area contributed by atoms with Crippen molar-refractivity contribution in [3.8, 4) is 0 Å². The molecule has 0 bridgehead atoms. The van der Waals surface area contributed by atoms with E-state index in [2.05, 4.69) is 26.6 Å². The van der Waals surface area contributed by atoms with E-state index in [1.165, 1.54) is 5.56 Å². The third-order valence-electron chi connectivity index (χ3n) is 3.42. The molecule has 2 rings (SSSR count). The average molecular weight is 262 g/mol. The molecular formula is C14H22N4O. The molecule has 19 heavy (non-hydrogen) atoms. The predicted octanol–water partition coefficient (Wildman–Crippen LogP) is 0.0340. The molecule has 0 radical (unpaired) electrons. The number of likely N-dealkylation sites (N-methyl/N-ethyl adjacent to an activating group) is 1. The van der Waals surface area contributed by atoms with Crippen LogP contribution in [0, 0.1) is 0 Å². The molecule has 1 aliphatic heterocycles. The van der Waals surface area contributed by atoms with E-state index < -0.39 is 0 Å². The standard InChI is InChI=1S/C14H22N4O/c1-2-17-14(19)13-11-16-7-9-18(13)8-5-12-4-3-6-15-10-12/h3-4,6,10,13,16H,2,5,7-9,11H2,1H3,(H,17,19). The molecule has 104 valence electrons. The van der Waals surface area contributed by atoms with Crippen molar-refractivity contribution in [3.63, 3.8) is 0 Å². The van der Waals surface area contributed by atoms with Gasteiger partial charge in [-0.15, -0.1) is 0 Å². The zero-order valence-corrected chi connectivity index (χ0v) is 11.4. The third kappa shape index (κ3) is 4.01. The molecular weight excluding hydrogens is 240 g/mol. The molecule has 5 heteroatoms. The highest BCUT2D eigenvalue weighted by Gasteiger charge is 2.27. The Labute approximate surface area is 114 Å². The van der Waals surface area contributed by atoms with Crippen LogP contribution in [-0.2, 0) is 11.2 Å². The van der Waals surface area contributed by atoms with Gasteiger partial charge in [0.1, 0.15) is 6.04 Å². The molecule has 5 nitrogen and oxygen atoms in total. The van der Waals surface area contributed by atoms with Crippen molar-refractivity contribution in [2.45, 2.75) is 19.4 Å². The van der Waals surface area contributed by atoms with Crippen LogP contribution in [0.4, 0.5) is 0 Å². The van der Waals surface area contributed by atoms with Gasteiger partial charge in [-0.05, 0) is 25.0 Å². The van der Waals surface area contributed by atoms with Gasteiger partial charge in [0.2, 0.25) is 5.91 Å². The zero-order chi connectivity index (χ0) is 13.5. The molecule has 0 aliphatic carbocycles. The number of hydrogen-bond donors (Lipinski definition) is 2. The largest absolute Gasteiger partial charge is 0.355 e. The third-order valence-corrected chi connectivity index (χ3v) is 3.42. The van der Waals surface area contributed by atoms with Crippen molar-refractivity contribution in [2.75, 3.05) is 32.7 Å². The number of piperazine rings is 1. The summed E-state index contributed by atoms with van der Waals surface area (Å²) >= 11 is 0. The number of aromatic nitrogens is 1. The van der Waals surface area contributed by atoms with Crippen molar-refractivity contribution in [1.82, 2.24) is 20.5 Å². The van der Waals surface area contributed by atoms with E-state index in [-0.39, 0.29) is 11.9 Å². The molecule has 1 unspecified atom stereocenters. The topological polar surface area (TPSA) is 57.3 Å². The fraction of sp³-hybridized carbons (Fsp3) is 0.571. The van der Waals surface area contributed by atoms with E-state index in [0.29, 0.717) is 6.54 Å². The molecule has 2 heterocycles. The summed E-state index contributed by atoms with van der Waals surface area (Å²) in [7, 11) is 0. The second-order valence-corrected chi connectivity index (χ2v) is 4.76. The lowest BCUT2D eigenvalue weighted by molar-refractivity contribution is -0.126. The molecule has 1 atom stereocenters. The summed E-state index contributed by atoms with van der Waals surface area (Å²) in [6, 6.07) is 3.98. The van der Waals surface area contributed by atoms with Gasteiger partial charge in [0.15, 0.2) is 0 Å². The fourth-order valence-electron chi connectivity index (χ4n) is 2.38. The highest BCUT2D eigenvalue weighted by molar-refractivity contribution is 5.82. The molecule has 0 saturated carbocycles. The van der Waals surface area contributed by atoms with Crippen LogP contribution in [0.15, 0.2) is 24.5 Å². The fourth-order valence-corrected chi connectivity index (χ4v) is 2.38. The monoisotopic (exact) mass is 262 g/mol. The molecule has 0 spiro atoms. The van der Waals surface area contributed by atoms with Crippen molar-refractivity contribution in [1.29, 1.82) is 0 Å². The summed E-state index contributed by atoms with van der Waals surface area (Å²) in [6.07, 6.45) is 4.61. The van der Waals surface area contributed by atoms with E-state index in [1.807, 2.05) is 19.2 Å². The summed E-state index contributed by atoms with van der Waals surface area (Å²) < 4.78 is 0. The Morgan fingerprint density at radius 1 is 1.63 bits per heavy atom. The van der Waals surface area contributed by atoms with Gasteiger partial charge in [0.05, 0.1) is 0 Å². The Kier molecular flexibility index (Phi) is 5.30. The van der Waals surface area contributed by atoms with Gasteiger partial charge in [0.25, 0.3) is 0 Å². The minimum Gasteiger partial charge on any atom is -0.355 e. The molecule has 1 aliphatic rings. The second-order valence-electron chi connectivity index (χ2n) is 4.76. The van der Waals surface area contributed by atoms with Crippen molar-refractivity contribution >= 4 is 5.91 Å². The maximum atomic E-state index is 12.0. The summed E-state index contributed by atoms with van der Waals surface area (Å²) in [5, 5.41) is 6.20. The molecule has 1 saturated heterocycles. The first-order valence-corrected chi connectivity index (χ1v) is 6.92. The lowest BCUT2D eigenvalue weighted by Gasteiger charge is -2.35. The van der Waals surface area contributed by atoms with Gasteiger partial charge < -0.3 is 10.6 Å². The van der Waals surface area contributed by atoms with Crippen LogP contribution in [0.2, 0.25) is 0 Å². The Hall–Kier alpha value is -1.46. The quantitative estimate of drug-likeness (QED) is 0.786. The van der Waals surface area contributed by atoms with Crippen LogP contribution in [0.1, 0.15) is 12.5 Å².